The summed E-state index contributed by atoms with van der Waals surface area (Å²) in [4.78, 5) is 4.62. The standard InChI is InChI=1S/C23H25F2N/c1-13(2)8-20-21(24)10-17(11-22(20)25)16-6-7-18-19(14(3)4)9-15(5)26-23(18)12-16/h6-7,9-14H,8H2,1-5H3. The zero-order valence-corrected chi connectivity index (χ0v) is 16.0. The number of pyridine rings is 1. The van der Waals surface area contributed by atoms with E-state index in [0.29, 0.717) is 17.9 Å². The monoisotopic (exact) mass is 353 g/mol. The molecule has 0 aliphatic carbocycles. The van der Waals surface area contributed by atoms with E-state index >= 15 is 0 Å². The van der Waals surface area contributed by atoms with Crippen LogP contribution in [0.2, 0.25) is 0 Å². The zero-order valence-electron chi connectivity index (χ0n) is 16.0. The van der Waals surface area contributed by atoms with Gasteiger partial charge in [0.15, 0.2) is 0 Å². The van der Waals surface area contributed by atoms with Crippen molar-refractivity contribution in [1.29, 1.82) is 0 Å². The third-order valence-corrected chi connectivity index (χ3v) is 4.68. The van der Waals surface area contributed by atoms with E-state index in [2.05, 4.69) is 24.9 Å². The Morgan fingerprint density at radius 3 is 2.12 bits per heavy atom. The third-order valence-electron chi connectivity index (χ3n) is 4.68. The molecular weight excluding hydrogens is 328 g/mol. The molecule has 136 valence electrons. The molecule has 1 aromatic heterocycles. The van der Waals surface area contributed by atoms with Crippen LogP contribution in [0, 0.1) is 24.5 Å². The molecule has 0 bridgehead atoms. The van der Waals surface area contributed by atoms with Gasteiger partial charge in [0.1, 0.15) is 11.6 Å². The molecule has 0 fully saturated rings. The first-order valence-electron chi connectivity index (χ1n) is 9.16. The molecule has 0 saturated heterocycles. The van der Waals surface area contributed by atoms with Crippen LogP contribution in [0.3, 0.4) is 0 Å². The maximum absolute atomic E-state index is 14.4. The van der Waals surface area contributed by atoms with Crippen LogP contribution in [0.5, 0.6) is 0 Å². The largest absolute Gasteiger partial charge is 0.253 e. The summed E-state index contributed by atoms with van der Waals surface area (Å²) in [6.45, 7) is 10.2. The molecule has 1 heterocycles. The van der Waals surface area contributed by atoms with Crippen molar-refractivity contribution in [2.75, 3.05) is 0 Å². The predicted molar refractivity (Wildman–Crippen MR) is 104 cm³/mol. The van der Waals surface area contributed by atoms with Gasteiger partial charge in [-0.3, -0.25) is 4.98 Å². The fourth-order valence-electron chi connectivity index (χ4n) is 3.42. The molecule has 3 heteroatoms. The van der Waals surface area contributed by atoms with Crippen LogP contribution >= 0.6 is 0 Å². The van der Waals surface area contributed by atoms with Crippen LogP contribution in [0.15, 0.2) is 36.4 Å². The molecule has 0 unspecified atom stereocenters. The highest BCUT2D eigenvalue weighted by Gasteiger charge is 2.15. The first-order chi connectivity index (χ1) is 12.3. The van der Waals surface area contributed by atoms with E-state index in [-0.39, 0.29) is 11.5 Å². The first-order valence-corrected chi connectivity index (χ1v) is 9.16. The average Bonchev–Trinajstić information content (AvgIpc) is 2.56. The zero-order chi connectivity index (χ0) is 19.0. The van der Waals surface area contributed by atoms with Crippen molar-refractivity contribution in [3.63, 3.8) is 0 Å². The fraction of sp³-hybridized carbons (Fsp3) is 0.348. The van der Waals surface area contributed by atoms with Crippen LogP contribution < -0.4 is 0 Å². The molecule has 0 aliphatic rings. The maximum Gasteiger partial charge on any atom is 0.129 e. The van der Waals surface area contributed by atoms with Gasteiger partial charge in [-0.05, 0) is 66.1 Å². The van der Waals surface area contributed by atoms with E-state index in [9.17, 15) is 8.78 Å². The van der Waals surface area contributed by atoms with Gasteiger partial charge in [0.2, 0.25) is 0 Å². The summed E-state index contributed by atoms with van der Waals surface area (Å²) >= 11 is 0. The number of aryl methyl sites for hydroxylation is 1. The van der Waals surface area contributed by atoms with Gasteiger partial charge < -0.3 is 0 Å². The lowest BCUT2D eigenvalue weighted by Crippen LogP contribution is -2.02. The number of halogens is 2. The summed E-state index contributed by atoms with van der Waals surface area (Å²) in [7, 11) is 0. The van der Waals surface area contributed by atoms with Gasteiger partial charge in [0.05, 0.1) is 5.52 Å². The van der Waals surface area contributed by atoms with Crippen molar-refractivity contribution >= 4 is 10.9 Å². The van der Waals surface area contributed by atoms with E-state index < -0.39 is 11.6 Å². The molecule has 26 heavy (non-hydrogen) atoms. The normalized spacial score (nSPS) is 11.7. The summed E-state index contributed by atoms with van der Waals surface area (Å²) in [5, 5.41) is 1.09. The molecule has 0 aliphatic heterocycles. The summed E-state index contributed by atoms with van der Waals surface area (Å²) in [5.74, 6) is -0.370. The number of aromatic nitrogens is 1. The van der Waals surface area contributed by atoms with Crippen molar-refractivity contribution < 1.29 is 8.78 Å². The lowest BCUT2D eigenvalue weighted by molar-refractivity contribution is 0.526. The van der Waals surface area contributed by atoms with Crippen LogP contribution in [0.25, 0.3) is 22.0 Å². The van der Waals surface area contributed by atoms with Crippen molar-refractivity contribution in [2.45, 2.75) is 47.0 Å². The molecule has 3 aromatic rings. The predicted octanol–water partition coefficient (Wildman–Crippen LogP) is 6.81. The van der Waals surface area contributed by atoms with Crippen LogP contribution in [-0.4, -0.2) is 4.98 Å². The Morgan fingerprint density at radius 1 is 0.885 bits per heavy atom. The third kappa shape index (κ3) is 3.62. The maximum atomic E-state index is 14.4. The van der Waals surface area contributed by atoms with Crippen LogP contribution in [0.4, 0.5) is 8.78 Å². The van der Waals surface area contributed by atoms with Gasteiger partial charge in [-0.25, -0.2) is 8.78 Å². The van der Waals surface area contributed by atoms with Crippen molar-refractivity contribution in [3.8, 4) is 11.1 Å². The second-order valence-corrected chi connectivity index (χ2v) is 7.76. The number of hydrogen-bond donors (Lipinski definition) is 0. The minimum absolute atomic E-state index is 0.167. The molecule has 0 spiro atoms. The number of hydrogen-bond acceptors (Lipinski definition) is 1. The molecule has 0 atom stereocenters. The van der Waals surface area contributed by atoms with Gasteiger partial charge in [0, 0.05) is 16.6 Å². The Kier molecular flexibility index (Phi) is 5.08. The smallest absolute Gasteiger partial charge is 0.129 e. The van der Waals surface area contributed by atoms with Gasteiger partial charge in [0.25, 0.3) is 0 Å². The highest BCUT2D eigenvalue weighted by Crippen LogP contribution is 2.31. The quantitative estimate of drug-likeness (QED) is 0.502. The fourth-order valence-corrected chi connectivity index (χ4v) is 3.42. The topological polar surface area (TPSA) is 12.9 Å². The molecule has 2 aromatic carbocycles. The minimum atomic E-state index is -0.478. The van der Waals surface area contributed by atoms with Crippen molar-refractivity contribution in [3.05, 3.63) is 64.9 Å². The highest BCUT2D eigenvalue weighted by molar-refractivity contribution is 5.87. The number of nitrogens with zero attached hydrogens (tertiary/aromatic N) is 1. The number of fused-ring (bicyclic) bond motifs is 1. The first kappa shape index (κ1) is 18.5. The van der Waals surface area contributed by atoms with Gasteiger partial charge >= 0.3 is 0 Å². The minimum Gasteiger partial charge on any atom is -0.253 e. The number of benzene rings is 2. The van der Waals surface area contributed by atoms with Crippen molar-refractivity contribution in [2.24, 2.45) is 5.92 Å². The molecular formula is C23H25F2N. The van der Waals surface area contributed by atoms with Gasteiger partial charge in [-0.15, -0.1) is 0 Å². The summed E-state index contributed by atoms with van der Waals surface area (Å²) in [6.07, 6.45) is 0.397. The summed E-state index contributed by atoms with van der Waals surface area (Å²) in [5.41, 5.74) is 4.54. The number of rotatable bonds is 4. The van der Waals surface area contributed by atoms with E-state index in [0.717, 1.165) is 22.2 Å². The van der Waals surface area contributed by atoms with Crippen molar-refractivity contribution in [1.82, 2.24) is 4.98 Å². The Bertz CT molecular complexity index is 935. The molecule has 0 radical (unpaired) electrons. The Labute approximate surface area is 154 Å². The van der Waals surface area contributed by atoms with Gasteiger partial charge in [-0.1, -0.05) is 39.8 Å². The Balaban J connectivity index is 2.11. The molecule has 0 amide bonds. The lowest BCUT2D eigenvalue weighted by Gasteiger charge is -2.13. The van der Waals surface area contributed by atoms with E-state index in [1.165, 1.54) is 17.7 Å². The molecule has 0 saturated carbocycles. The van der Waals surface area contributed by atoms with Crippen LogP contribution in [0.1, 0.15) is 50.4 Å². The lowest BCUT2D eigenvalue weighted by atomic mass is 9.94. The highest BCUT2D eigenvalue weighted by atomic mass is 19.1. The average molecular weight is 353 g/mol. The van der Waals surface area contributed by atoms with E-state index in [1.807, 2.05) is 39.0 Å². The molecule has 3 rings (SSSR count). The van der Waals surface area contributed by atoms with Crippen LogP contribution in [-0.2, 0) is 6.42 Å². The summed E-state index contributed by atoms with van der Waals surface area (Å²) < 4.78 is 28.9. The molecule has 1 nitrogen and oxygen atoms in total. The van der Waals surface area contributed by atoms with Gasteiger partial charge in [-0.2, -0.15) is 0 Å². The van der Waals surface area contributed by atoms with E-state index in [4.69, 9.17) is 0 Å². The second kappa shape index (κ2) is 7.14. The Hall–Kier alpha value is -2.29. The molecule has 0 N–H and O–H groups in total. The van der Waals surface area contributed by atoms with E-state index in [1.54, 1.807) is 0 Å². The summed E-state index contributed by atoms with van der Waals surface area (Å²) in [6, 6.07) is 10.8. The Morgan fingerprint density at radius 2 is 1.54 bits per heavy atom. The SMILES string of the molecule is Cc1cc(C(C)C)c2ccc(-c3cc(F)c(CC(C)C)c(F)c3)cc2n1. The second-order valence-electron chi connectivity index (χ2n) is 7.76.